The lowest BCUT2D eigenvalue weighted by Crippen LogP contribution is -3.00. The van der Waals surface area contributed by atoms with E-state index >= 15 is 0 Å². The van der Waals surface area contributed by atoms with Crippen LogP contribution in [0.5, 0.6) is 5.75 Å². The van der Waals surface area contributed by atoms with Gasteiger partial charge in [-0.15, -0.1) is 0 Å². The Labute approximate surface area is 206 Å². The topological polar surface area (TPSA) is 21.6 Å². The molecule has 0 amide bonds. The number of methoxy groups -OCH3 is 1. The molecule has 0 aliphatic carbocycles. The lowest BCUT2D eigenvalue weighted by Gasteiger charge is -2.29. The largest absolute Gasteiger partial charge is 1.00 e. The highest BCUT2D eigenvalue weighted by atomic mass is 79.9. The van der Waals surface area contributed by atoms with Crippen molar-refractivity contribution in [3.8, 4) is 5.75 Å². The minimum atomic E-state index is -1.29. The normalized spacial score (nSPS) is 11.5. The average molecular weight is 527 g/mol. The highest BCUT2D eigenvalue weighted by Crippen LogP contribution is 2.60. The molecule has 0 N–H and O–H groups in total. The Bertz CT molecular complexity index is 773. The molecule has 2 aromatic carbocycles. The maximum absolute atomic E-state index is 6.53. The summed E-state index contributed by atoms with van der Waals surface area (Å²) in [5, 5.41) is 2.34. The number of hydrogen-bond acceptors (Lipinski definition) is 2. The summed E-state index contributed by atoms with van der Waals surface area (Å²) in [4.78, 5) is 4.79. The molecule has 0 radical (unpaired) electrons. The van der Waals surface area contributed by atoms with Gasteiger partial charge in [0.1, 0.15) is 11.1 Å². The van der Waals surface area contributed by atoms with Gasteiger partial charge in [0, 0.05) is 24.1 Å². The van der Waals surface area contributed by atoms with E-state index in [0.29, 0.717) is 0 Å². The minimum Gasteiger partial charge on any atom is -1.00 e. The molecule has 0 saturated carbocycles. The van der Waals surface area contributed by atoms with E-state index in [1.807, 2.05) is 36.5 Å². The molecule has 0 unspecified atom stereocenters. The molecule has 2 nitrogen and oxygen atoms in total. The van der Waals surface area contributed by atoms with Crippen molar-refractivity contribution in [2.45, 2.75) is 59.3 Å². The first kappa shape index (κ1) is 28.1. The van der Waals surface area contributed by atoms with Crippen LogP contribution in [0.15, 0.2) is 47.5 Å². The van der Waals surface area contributed by atoms with Crippen LogP contribution in [0.3, 0.4) is 0 Å². The highest BCUT2D eigenvalue weighted by Gasteiger charge is 2.40. The van der Waals surface area contributed by atoms with Crippen LogP contribution in [0.1, 0.15) is 64.9 Å². The molecule has 2 aromatic rings. The van der Waals surface area contributed by atoms with Crippen LogP contribution in [0.4, 0.5) is 5.69 Å². The summed E-state index contributed by atoms with van der Waals surface area (Å²) in [6.45, 7) is 6.91. The van der Waals surface area contributed by atoms with Crippen molar-refractivity contribution in [2.75, 3.05) is 25.6 Å². The van der Waals surface area contributed by atoms with Gasteiger partial charge in [-0.25, -0.2) is 0 Å². The van der Waals surface area contributed by atoms with Crippen LogP contribution in [0.2, 0.25) is 5.02 Å². The zero-order valence-corrected chi connectivity index (χ0v) is 22.8. The number of nitrogens with zero attached hydrogens (tertiary/aromatic N) is 1. The molecule has 0 aromatic heterocycles. The molecule has 0 spiro atoms. The molecule has 172 valence electrons. The summed E-state index contributed by atoms with van der Waals surface area (Å²) in [5.74, 6) is 0.852. The quantitative estimate of drug-likeness (QED) is 0.261. The van der Waals surface area contributed by atoms with E-state index in [9.17, 15) is 0 Å². The predicted octanol–water partition coefficient (Wildman–Crippen LogP) is 5.15. The Hall–Kier alpha value is -0.890. The van der Waals surface area contributed by atoms with Gasteiger partial charge in [0.25, 0.3) is 0 Å². The first-order valence-corrected chi connectivity index (χ1v) is 14.1. The lowest BCUT2D eigenvalue weighted by atomic mass is 10.2. The number of halogens is 2. The maximum atomic E-state index is 6.53. The number of ether oxygens (including phenoxy) is 1. The van der Waals surface area contributed by atoms with Crippen molar-refractivity contribution in [1.29, 1.82) is 0 Å². The smallest absolute Gasteiger partial charge is 0.119 e. The van der Waals surface area contributed by atoms with E-state index in [0.717, 1.165) is 16.5 Å². The van der Waals surface area contributed by atoms with Gasteiger partial charge < -0.3 is 21.7 Å². The van der Waals surface area contributed by atoms with Gasteiger partial charge in [0.15, 0.2) is 0 Å². The zero-order chi connectivity index (χ0) is 21.8. The van der Waals surface area contributed by atoms with Crippen molar-refractivity contribution in [2.24, 2.45) is 4.99 Å². The molecule has 5 heteroatoms. The van der Waals surface area contributed by atoms with Crippen molar-refractivity contribution < 1.29 is 21.7 Å². The summed E-state index contributed by atoms with van der Waals surface area (Å²) in [6.07, 6.45) is 13.6. The molecule has 0 aliphatic rings. The summed E-state index contributed by atoms with van der Waals surface area (Å²) < 4.78 is 5.26. The molecule has 0 atom stereocenters. The second kappa shape index (κ2) is 15.0. The maximum Gasteiger partial charge on any atom is 0.119 e. The Morgan fingerprint density at radius 2 is 1.42 bits per heavy atom. The van der Waals surface area contributed by atoms with E-state index in [4.69, 9.17) is 21.3 Å². The molecule has 0 heterocycles. The highest BCUT2D eigenvalue weighted by molar-refractivity contribution is 7.83. The third kappa shape index (κ3) is 8.52. The lowest BCUT2D eigenvalue weighted by molar-refractivity contribution is -0.00000659. The van der Waals surface area contributed by atoms with Crippen molar-refractivity contribution in [1.82, 2.24) is 0 Å². The SMILES string of the molecule is CCCC[P+](CCCC)(CCCC)c1cc(Cl)ccc1C=Nc1ccc(OC)cc1.[Br-]. The number of hydrogen-bond donors (Lipinski definition) is 0. The monoisotopic (exact) mass is 525 g/mol. The number of unbranched alkanes of at least 4 members (excludes halogenated alkanes) is 3. The molecular formula is C26H38BrClNOP. The van der Waals surface area contributed by atoms with Gasteiger partial charge in [-0.3, -0.25) is 4.99 Å². The Morgan fingerprint density at radius 3 is 1.90 bits per heavy atom. The van der Waals surface area contributed by atoms with Crippen molar-refractivity contribution in [3.63, 3.8) is 0 Å². The minimum absolute atomic E-state index is 0. The van der Waals surface area contributed by atoms with Gasteiger partial charge in [-0.05, 0) is 61.7 Å². The number of rotatable bonds is 13. The van der Waals surface area contributed by atoms with Crippen LogP contribution >= 0.6 is 18.9 Å². The fourth-order valence-corrected chi connectivity index (χ4v) is 9.43. The summed E-state index contributed by atoms with van der Waals surface area (Å²) >= 11 is 6.53. The van der Waals surface area contributed by atoms with Crippen molar-refractivity contribution >= 4 is 36.1 Å². The van der Waals surface area contributed by atoms with E-state index < -0.39 is 7.26 Å². The first-order valence-electron chi connectivity index (χ1n) is 11.4. The molecular weight excluding hydrogens is 489 g/mol. The Kier molecular flexibility index (Phi) is 13.7. The molecule has 2 rings (SSSR count). The van der Waals surface area contributed by atoms with Crippen LogP contribution in [0, 0.1) is 0 Å². The molecule has 0 saturated heterocycles. The van der Waals surface area contributed by atoms with E-state index in [1.54, 1.807) is 7.11 Å². The van der Waals surface area contributed by atoms with E-state index in [-0.39, 0.29) is 17.0 Å². The fourth-order valence-electron chi connectivity index (χ4n) is 3.93. The molecule has 0 aliphatic heterocycles. The zero-order valence-electron chi connectivity index (χ0n) is 19.5. The summed E-state index contributed by atoms with van der Waals surface area (Å²) in [7, 11) is 0.393. The van der Waals surface area contributed by atoms with Gasteiger partial charge in [0.2, 0.25) is 0 Å². The Balaban J connectivity index is 0.00000480. The van der Waals surface area contributed by atoms with Crippen molar-refractivity contribution in [3.05, 3.63) is 53.1 Å². The van der Waals surface area contributed by atoms with Crippen LogP contribution in [-0.2, 0) is 0 Å². The number of benzene rings is 2. The third-order valence-electron chi connectivity index (χ3n) is 5.75. The second-order valence-corrected chi connectivity index (χ2v) is 12.6. The van der Waals surface area contributed by atoms with E-state index in [2.05, 4.69) is 32.9 Å². The first-order chi connectivity index (χ1) is 14.6. The van der Waals surface area contributed by atoms with Crippen LogP contribution < -0.4 is 27.0 Å². The molecule has 0 bridgehead atoms. The average Bonchev–Trinajstić information content (AvgIpc) is 2.78. The molecule has 0 fully saturated rings. The molecule has 31 heavy (non-hydrogen) atoms. The standard InChI is InChI=1S/C26H38ClNOP.BrH/c1-5-8-17-30(18-9-6-2,19-10-7-3)26-20-23(27)12-11-22(26)21-28-24-13-15-25(29-4)16-14-24;/h11-16,20-21H,5-10,17-19H2,1-4H3;1H/q+1;/p-1. The summed E-state index contributed by atoms with van der Waals surface area (Å²) in [5.41, 5.74) is 2.18. The van der Waals surface area contributed by atoms with E-state index in [1.165, 1.54) is 67.9 Å². The second-order valence-electron chi connectivity index (χ2n) is 8.04. The third-order valence-corrected chi connectivity index (χ3v) is 10.9. The Morgan fingerprint density at radius 1 is 0.871 bits per heavy atom. The van der Waals surface area contributed by atoms with Gasteiger partial charge in [0.05, 0.1) is 31.3 Å². The van der Waals surface area contributed by atoms with Gasteiger partial charge >= 0.3 is 0 Å². The predicted molar refractivity (Wildman–Crippen MR) is 138 cm³/mol. The fraction of sp³-hybridized carbons (Fsp3) is 0.500. The van der Waals surface area contributed by atoms with Crippen LogP contribution in [0.25, 0.3) is 0 Å². The summed E-state index contributed by atoms with van der Waals surface area (Å²) in [6, 6.07) is 14.3. The number of aliphatic imine (C=N–C) groups is 1. The van der Waals surface area contributed by atoms with Crippen LogP contribution in [-0.4, -0.2) is 31.8 Å². The van der Waals surface area contributed by atoms with Gasteiger partial charge in [-0.2, -0.15) is 0 Å². The van der Waals surface area contributed by atoms with Gasteiger partial charge in [-0.1, -0.05) is 51.6 Å².